The molecule has 2 aromatic heterocycles. The largest absolute Gasteiger partial charge is 0.456 e. The van der Waals surface area contributed by atoms with Gasteiger partial charge in [0.25, 0.3) is 0 Å². The fourth-order valence-electron chi connectivity index (χ4n) is 7.49. The summed E-state index contributed by atoms with van der Waals surface area (Å²) in [5, 5.41) is 4.62. The number of hydrogen-bond donors (Lipinski definition) is 0. The first-order chi connectivity index (χ1) is 21.8. The summed E-state index contributed by atoms with van der Waals surface area (Å²) >= 11 is 0. The summed E-state index contributed by atoms with van der Waals surface area (Å²) in [5.74, 6) is 0. The molecule has 0 bridgehead atoms. The molecule has 3 heteroatoms. The van der Waals surface area contributed by atoms with Gasteiger partial charge < -0.3 is 13.7 Å². The maximum Gasteiger partial charge on any atom is 0.137 e. The Labute approximate surface area is 262 Å². The number of hydrogen-bond acceptors (Lipinski definition) is 3. The fraction of sp³-hybridized carbons (Fsp3) is 0.143. The lowest BCUT2D eigenvalue weighted by Gasteiger charge is -2.48. The van der Waals surface area contributed by atoms with E-state index in [1.54, 1.807) is 0 Å². The summed E-state index contributed by atoms with van der Waals surface area (Å²) in [5.41, 5.74) is 11.9. The quantitative estimate of drug-likeness (QED) is 0.207. The van der Waals surface area contributed by atoms with E-state index in [0.29, 0.717) is 0 Å². The van der Waals surface area contributed by atoms with Gasteiger partial charge in [0.05, 0.1) is 0 Å². The van der Waals surface area contributed by atoms with Gasteiger partial charge in [-0.05, 0) is 93.7 Å². The summed E-state index contributed by atoms with van der Waals surface area (Å²) in [6, 6.07) is 45.4. The lowest BCUT2D eigenvalue weighted by Crippen LogP contribution is -2.43. The van der Waals surface area contributed by atoms with Gasteiger partial charge in [0, 0.05) is 44.7 Å². The van der Waals surface area contributed by atoms with Gasteiger partial charge >= 0.3 is 0 Å². The molecule has 0 saturated carbocycles. The standard InChI is InChI=1S/C42H33NO2/c1-41(2)35-22-27(18-20-29(35)33-25-40-34(24-36(33)42(41,3)4)31-15-9-11-17-38(31)45-40)43(26-12-6-5-7-13-26)28-19-21-32-30-14-8-10-16-37(30)44-39(32)23-28/h5-25H,1-4H3. The van der Waals surface area contributed by atoms with Crippen molar-refractivity contribution in [2.24, 2.45) is 0 Å². The smallest absolute Gasteiger partial charge is 0.137 e. The first-order valence-corrected chi connectivity index (χ1v) is 15.7. The number of anilines is 3. The van der Waals surface area contributed by atoms with E-state index in [-0.39, 0.29) is 10.8 Å². The van der Waals surface area contributed by atoms with Crippen LogP contribution in [0.4, 0.5) is 17.1 Å². The van der Waals surface area contributed by atoms with Gasteiger partial charge in [-0.25, -0.2) is 0 Å². The summed E-state index contributed by atoms with van der Waals surface area (Å²) in [6.07, 6.45) is 0. The lowest BCUT2D eigenvalue weighted by molar-refractivity contribution is 0.299. The van der Waals surface area contributed by atoms with E-state index in [1.807, 2.05) is 18.2 Å². The van der Waals surface area contributed by atoms with Crippen LogP contribution in [-0.4, -0.2) is 0 Å². The van der Waals surface area contributed by atoms with Crippen LogP contribution in [0.2, 0.25) is 0 Å². The van der Waals surface area contributed by atoms with Gasteiger partial charge in [-0.2, -0.15) is 0 Å². The van der Waals surface area contributed by atoms with E-state index in [9.17, 15) is 0 Å². The Morgan fingerprint density at radius 3 is 1.64 bits per heavy atom. The van der Waals surface area contributed by atoms with E-state index in [2.05, 4.69) is 142 Å². The van der Waals surface area contributed by atoms with Crippen molar-refractivity contribution < 1.29 is 8.83 Å². The van der Waals surface area contributed by atoms with Crippen LogP contribution in [-0.2, 0) is 10.8 Å². The number of benzene rings is 6. The van der Waals surface area contributed by atoms with Gasteiger partial charge in [-0.1, -0.05) is 88.4 Å². The Hall–Kier alpha value is -5.28. The van der Waals surface area contributed by atoms with Crippen molar-refractivity contribution in [2.75, 3.05) is 4.90 Å². The maximum absolute atomic E-state index is 6.37. The third kappa shape index (κ3) is 3.64. The van der Waals surface area contributed by atoms with E-state index >= 15 is 0 Å². The van der Waals surface area contributed by atoms with Crippen molar-refractivity contribution in [2.45, 2.75) is 38.5 Å². The molecule has 0 fully saturated rings. The highest BCUT2D eigenvalue weighted by molar-refractivity contribution is 6.08. The molecule has 6 aromatic carbocycles. The average Bonchev–Trinajstić information content (AvgIpc) is 3.61. The summed E-state index contributed by atoms with van der Waals surface area (Å²) in [6.45, 7) is 9.56. The molecule has 1 aliphatic carbocycles. The lowest BCUT2D eigenvalue weighted by atomic mass is 9.55. The van der Waals surface area contributed by atoms with E-state index in [4.69, 9.17) is 8.83 Å². The van der Waals surface area contributed by atoms with E-state index < -0.39 is 0 Å². The van der Waals surface area contributed by atoms with Crippen molar-refractivity contribution >= 4 is 60.9 Å². The fourth-order valence-corrected chi connectivity index (χ4v) is 7.49. The Bertz CT molecular complexity index is 2440. The molecule has 0 atom stereocenters. The second kappa shape index (κ2) is 9.12. The summed E-state index contributed by atoms with van der Waals surface area (Å²) < 4.78 is 12.7. The van der Waals surface area contributed by atoms with Crippen molar-refractivity contribution in [3.8, 4) is 11.1 Å². The SMILES string of the molecule is CC1(C)c2cc(N(c3ccccc3)c3ccc4c(c3)oc3ccccc34)ccc2-c2cc3oc4ccccc4c3cc2C1(C)C. The van der Waals surface area contributed by atoms with Gasteiger partial charge in [-0.15, -0.1) is 0 Å². The van der Waals surface area contributed by atoms with Crippen molar-refractivity contribution in [3.05, 3.63) is 139 Å². The average molecular weight is 584 g/mol. The van der Waals surface area contributed by atoms with E-state index in [1.165, 1.54) is 33.0 Å². The summed E-state index contributed by atoms with van der Waals surface area (Å²) in [7, 11) is 0. The Morgan fingerprint density at radius 1 is 0.400 bits per heavy atom. The molecule has 2 heterocycles. The van der Waals surface area contributed by atoms with Crippen LogP contribution in [0.25, 0.3) is 55.0 Å². The minimum Gasteiger partial charge on any atom is -0.456 e. The first-order valence-electron chi connectivity index (χ1n) is 15.7. The number of rotatable bonds is 3. The Balaban J connectivity index is 1.26. The number of para-hydroxylation sites is 3. The normalized spacial score (nSPS) is 15.0. The second-order valence-corrected chi connectivity index (χ2v) is 13.4. The third-order valence-corrected chi connectivity index (χ3v) is 10.6. The van der Waals surface area contributed by atoms with E-state index in [0.717, 1.165) is 50.2 Å². The second-order valence-electron chi connectivity index (χ2n) is 13.4. The first kappa shape index (κ1) is 26.2. The summed E-state index contributed by atoms with van der Waals surface area (Å²) in [4.78, 5) is 2.34. The van der Waals surface area contributed by atoms with Crippen molar-refractivity contribution in [3.63, 3.8) is 0 Å². The molecule has 3 nitrogen and oxygen atoms in total. The molecular weight excluding hydrogens is 550 g/mol. The minimum absolute atomic E-state index is 0.134. The molecule has 1 aliphatic rings. The molecule has 9 rings (SSSR count). The molecule has 0 unspecified atom stereocenters. The minimum atomic E-state index is -0.149. The van der Waals surface area contributed by atoms with Crippen molar-refractivity contribution in [1.29, 1.82) is 0 Å². The molecule has 0 spiro atoms. The third-order valence-electron chi connectivity index (χ3n) is 10.6. The molecule has 0 amide bonds. The predicted molar refractivity (Wildman–Crippen MR) is 187 cm³/mol. The van der Waals surface area contributed by atoms with Crippen LogP contribution < -0.4 is 4.90 Å². The van der Waals surface area contributed by atoms with Gasteiger partial charge in [0.1, 0.15) is 22.3 Å². The molecule has 8 aromatic rings. The molecule has 0 N–H and O–H groups in total. The van der Waals surface area contributed by atoms with Gasteiger partial charge in [0.15, 0.2) is 0 Å². The topological polar surface area (TPSA) is 29.5 Å². The number of nitrogens with zero attached hydrogens (tertiary/aromatic N) is 1. The van der Waals surface area contributed by atoms with Crippen LogP contribution in [0.1, 0.15) is 38.8 Å². The molecule has 0 radical (unpaired) electrons. The Kier molecular flexibility index (Phi) is 5.30. The van der Waals surface area contributed by atoms with Crippen LogP contribution in [0.3, 0.4) is 0 Å². The van der Waals surface area contributed by atoms with Crippen molar-refractivity contribution in [1.82, 2.24) is 0 Å². The highest BCUT2D eigenvalue weighted by Crippen LogP contribution is 2.56. The zero-order chi connectivity index (χ0) is 30.5. The van der Waals surface area contributed by atoms with Crippen LogP contribution in [0.5, 0.6) is 0 Å². The van der Waals surface area contributed by atoms with Gasteiger partial charge in [0.2, 0.25) is 0 Å². The zero-order valence-corrected chi connectivity index (χ0v) is 25.9. The monoisotopic (exact) mass is 583 g/mol. The van der Waals surface area contributed by atoms with Crippen LogP contribution in [0, 0.1) is 0 Å². The van der Waals surface area contributed by atoms with Crippen LogP contribution in [0.15, 0.2) is 136 Å². The molecule has 218 valence electrons. The van der Waals surface area contributed by atoms with Gasteiger partial charge in [-0.3, -0.25) is 0 Å². The molecular formula is C42H33NO2. The molecule has 0 saturated heterocycles. The Morgan fingerprint density at radius 2 is 0.933 bits per heavy atom. The number of fused-ring (bicyclic) bond motifs is 9. The highest BCUT2D eigenvalue weighted by Gasteiger charge is 2.46. The molecule has 0 aliphatic heterocycles. The highest BCUT2D eigenvalue weighted by atomic mass is 16.3. The predicted octanol–water partition coefficient (Wildman–Crippen LogP) is 12.2. The zero-order valence-electron chi connectivity index (χ0n) is 25.9. The maximum atomic E-state index is 6.37. The van der Waals surface area contributed by atoms with Crippen LogP contribution >= 0.6 is 0 Å². The number of furan rings is 2. The molecule has 45 heavy (non-hydrogen) atoms.